The van der Waals surface area contributed by atoms with Crippen LogP contribution in [0.25, 0.3) is 11.1 Å². The number of hydrogen-bond donors (Lipinski definition) is 0. The number of nitrogens with zero attached hydrogens (tertiary/aromatic N) is 2. The molecule has 0 aliphatic heterocycles. The van der Waals surface area contributed by atoms with Crippen molar-refractivity contribution in [2.24, 2.45) is 0 Å². The number of aromatic nitrogens is 2. The van der Waals surface area contributed by atoms with Gasteiger partial charge in [-0.05, 0) is 36.1 Å². The maximum atomic E-state index is 12.6. The summed E-state index contributed by atoms with van der Waals surface area (Å²) in [5, 5.41) is 0. The fourth-order valence-electron chi connectivity index (χ4n) is 3.17. The lowest BCUT2D eigenvalue weighted by molar-refractivity contribution is 0.103. The predicted molar refractivity (Wildman–Crippen MR) is 100.0 cm³/mol. The fourth-order valence-corrected chi connectivity index (χ4v) is 3.17. The van der Waals surface area contributed by atoms with E-state index in [0.717, 1.165) is 22.3 Å². The quantitative estimate of drug-likeness (QED) is 0.535. The Morgan fingerprint density at radius 1 is 1.08 bits per heavy atom. The summed E-state index contributed by atoms with van der Waals surface area (Å²) >= 11 is 0. The molecule has 0 bridgehead atoms. The second kappa shape index (κ2) is 6.62. The second-order valence-corrected chi connectivity index (χ2v) is 6.33. The van der Waals surface area contributed by atoms with E-state index in [4.69, 9.17) is 4.74 Å². The number of carbonyl (C=O) groups is 1. The Kier molecular flexibility index (Phi) is 4.16. The molecule has 0 radical (unpaired) electrons. The summed E-state index contributed by atoms with van der Waals surface area (Å²) in [6.07, 6.45) is 3.71. The average Bonchev–Trinajstić information content (AvgIpc) is 3.23. The van der Waals surface area contributed by atoms with Crippen LogP contribution >= 0.6 is 0 Å². The van der Waals surface area contributed by atoms with Gasteiger partial charge in [0.1, 0.15) is 0 Å². The number of benzene rings is 2. The molecule has 0 amide bonds. The van der Waals surface area contributed by atoms with Crippen LogP contribution in [0, 0.1) is 11.8 Å². The van der Waals surface area contributed by atoms with Crippen molar-refractivity contribution >= 4 is 5.78 Å². The summed E-state index contributed by atoms with van der Waals surface area (Å²) in [4.78, 5) is 16.9. The van der Waals surface area contributed by atoms with Gasteiger partial charge in [0.25, 0.3) is 0 Å². The number of ether oxygens (including phenoxy) is 1. The minimum Gasteiger partial charge on any atom is -0.380 e. The molecule has 0 saturated carbocycles. The Balaban J connectivity index is 1.64. The van der Waals surface area contributed by atoms with Crippen LogP contribution in [0.3, 0.4) is 0 Å². The molecule has 4 heteroatoms. The second-order valence-electron chi connectivity index (χ2n) is 6.33. The van der Waals surface area contributed by atoms with Gasteiger partial charge in [0, 0.05) is 36.2 Å². The third kappa shape index (κ3) is 2.83. The van der Waals surface area contributed by atoms with Crippen molar-refractivity contribution in [2.45, 2.75) is 19.6 Å². The zero-order valence-electron chi connectivity index (χ0n) is 14.7. The van der Waals surface area contributed by atoms with Crippen molar-refractivity contribution in [3.8, 4) is 23.0 Å². The molecule has 0 fully saturated rings. The van der Waals surface area contributed by atoms with Gasteiger partial charge in [-0.2, -0.15) is 0 Å². The van der Waals surface area contributed by atoms with E-state index in [1.165, 1.54) is 0 Å². The zero-order valence-corrected chi connectivity index (χ0v) is 14.7. The van der Waals surface area contributed by atoms with Crippen LogP contribution in [0.4, 0.5) is 0 Å². The molecule has 26 heavy (non-hydrogen) atoms. The van der Waals surface area contributed by atoms with Crippen LogP contribution in [0.15, 0.2) is 54.9 Å². The van der Waals surface area contributed by atoms with Crippen molar-refractivity contribution < 1.29 is 9.53 Å². The van der Waals surface area contributed by atoms with Gasteiger partial charge in [-0.1, -0.05) is 36.3 Å². The Morgan fingerprint density at radius 2 is 1.85 bits per heavy atom. The van der Waals surface area contributed by atoms with Gasteiger partial charge in [-0.3, -0.25) is 4.79 Å². The van der Waals surface area contributed by atoms with Gasteiger partial charge >= 0.3 is 0 Å². The van der Waals surface area contributed by atoms with Crippen LogP contribution < -0.4 is 0 Å². The molecule has 1 aliphatic carbocycles. The maximum Gasteiger partial charge on any atom is 0.194 e. The smallest absolute Gasteiger partial charge is 0.194 e. The number of rotatable bonds is 3. The molecular formula is C22H18N2O2. The normalized spacial score (nSPS) is 12.9. The van der Waals surface area contributed by atoms with E-state index in [-0.39, 0.29) is 11.9 Å². The standard InChI is InChI=1S/C22H18N2O2/c1-15(26-2)14-24-12-11-23-21(24)10-8-16-7-9-18-17-5-3-4-6-19(17)22(25)20(18)13-16/h3-7,9,11-13,15H,14H2,1-2H3/t15-/m1/s1. The number of methoxy groups -OCH3 is 1. The largest absolute Gasteiger partial charge is 0.380 e. The molecule has 0 unspecified atom stereocenters. The van der Waals surface area contributed by atoms with Crippen molar-refractivity contribution in [1.82, 2.24) is 9.55 Å². The first-order valence-electron chi connectivity index (χ1n) is 8.51. The number of carbonyl (C=O) groups excluding carboxylic acids is 1. The first-order valence-corrected chi connectivity index (χ1v) is 8.51. The van der Waals surface area contributed by atoms with Crippen molar-refractivity contribution in [2.75, 3.05) is 7.11 Å². The first-order chi connectivity index (χ1) is 12.7. The summed E-state index contributed by atoms with van der Waals surface area (Å²) in [6.45, 7) is 2.69. The van der Waals surface area contributed by atoms with Gasteiger partial charge in [0.2, 0.25) is 0 Å². The van der Waals surface area contributed by atoms with E-state index >= 15 is 0 Å². The van der Waals surface area contributed by atoms with Crippen LogP contribution in [-0.2, 0) is 11.3 Å². The Hall–Kier alpha value is -3.16. The molecule has 128 valence electrons. The van der Waals surface area contributed by atoms with Crippen LogP contribution in [0.5, 0.6) is 0 Å². The number of imidazole rings is 1. The molecule has 1 aromatic heterocycles. The van der Waals surface area contributed by atoms with Crippen molar-refractivity contribution in [1.29, 1.82) is 0 Å². The van der Waals surface area contributed by atoms with Crippen molar-refractivity contribution in [3.05, 3.63) is 77.4 Å². The topological polar surface area (TPSA) is 44.1 Å². The number of fused-ring (bicyclic) bond motifs is 3. The van der Waals surface area contributed by atoms with Crippen LogP contribution in [0.2, 0.25) is 0 Å². The van der Waals surface area contributed by atoms with E-state index in [1.54, 1.807) is 13.3 Å². The Bertz CT molecular complexity index is 1050. The van der Waals surface area contributed by atoms with Gasteiger partial charge in [0.15, 0.2) is 11.6 Å². The lowest BCUT2D eigenvalue weighted by atomic mass is 10.0. The van der Waals surface area contributed by atoms with Gasteiger partial charge in [0.05, 0.1) is 12.6 Å². The summed E-state index contributed by atoms with van der Waals surface area (Å²) < 4.78 is 7.27. The summed E-state index contributed by atoms with van der Waals surface area (Å²) in [7, 11) is 1.69. The number of hydrogen-bond acceptors (Lipinski definition) is 3. The third-order valence-electron chi connectivity index (χ3n) is 4.62. The lowest BCUT2D eigenvalue weighted by Crippen LogP contribution is -2.15. The lowest BCUT2D eigenvalue weighted by Gasteiger charge is -2.10. The zero-order chi connectivity index (χ0) is 18.1. The Morgan fingerprint density at radius 3 is 2.65 bits per heavy atom. The van der Waals surface area contributed by atoms with Crippen molar-refractivity contribution in [3.63, 3.8) is 0 Å². The molecule has 0 saturated heterocycles. The molecule has 0 N–H and O–H groups in total. The predicted octanol–water partition coefficient (Wildman–Crippen LogP) is 3.53. The third-order valence-corrected chi connectivity index (χ3v) is 4.62. The van der Waals surface area contributed by atoms with E-state index in [2.05, 4.69) is 16.8 Å². The van der Waals surface area contributed by atoms with Gasteiger partial charge < -0.3 is 9.30 Å². The maximum absolute atomic E-state index is 12.6. The van der Waals surface area contributed by atoms with Gasteiger partial charge in [-0.15, -0.1) is 0 Å². The molecule has 1 aliphatic rings. The molecule has 4 nitrogen and oxygen atoms in total. The Labute approximate surface area is 152 Å². The molecule has 1 atom stereocenters. The first kappa shape index (κ1) is 16.3. The van der Waals surface area contributed by atoms with E-state index < -0.39 is 0 Å². The van der Waals surface area contributed by atoms with Gasteiger partial charge in [-0.25, -0.2) is 4.98 Å². The summed E-state index contributed by atoms with van der Waals surface area (Å²) in [6, 6.07) is 13.5. The highest BCUT2D eigenvalue weighted by Gasteiger charge is 2.25. The molecule has 0 spiro atoms. The monoisotopic (exact) mass is 342 g/mol. The minimum atomic E-state index is 0.0645. The van der Waals surface area contributed by atoms with E-state index in [1.807, 2.05) is 60.2 Å². The molecule has 4 rings (SSSR count). The molecule has 3 aromatic rings. The molecule has 1 heterocycles. The molecular weight excluding hydrogens is 324 g/mol. The van der Waals surface area contributed by atoms with E-state index in [0.29, 0.717) is 17.9 Å². The fraction of sp³-hybridized carbons (Fsp3) is 0.182. The summed E-state index contributed by atoms with van der Waals surface area (Å²) in [5.41, 5.74) is 4.26. The summed E-state index contributed by atoms with van der Waals surface area (Å²) in [5.74, 6) is 6.98. The number of ketones is 1. The SMILES string of the molecule is CO[C@H](C)Cn1ccnc1C#Cc1ccc2c(c1)C(=O)c1ccccc1-2. The highest BCUT2D eigenvalue weighted by Crippen LogP contribution is 2.36. The average molecular weight is 342 g/mol. The van der Waals surface area contributed by atoms with Crippen LogP contribution in [0.1, 0.15) is 34.2 Å². The van der Waals surface area contributed by atoms with E-state index in [9.17, 15) is 4.79 Å². The highest BCUT2D eigenvalue weighted by molar-refractivity contribution is 6.21. The highest BCUT2D eigenvalue weighted by atomic mass is 16.5. The molecule has 2 aromatic carbocycles. The minimum absolute atomic E-state index is 0.0645. The van der Waals surface area contributed by atoms with Crippen LogP contribution in [-0.4, -0.2) is 28.5 Å².